The van der Waals surface area contributed by atoms with E-state index in [2.05, 4.69) is 9.97 Å². The summed E-state index contributed by atoms with van der Waals surface area (Å²) >= 11 is 1.50. The molecule has 0 aliphatic heterocycles. The monoisotopic (exact) mass is 393 g/mol. The molecule has 0 fully saturated rings. The molecule has 3 rings (SSSR count). The number of hydrogen-bond donors (Lipinski definition) is 0. The van der Waals surface area contributed by atoms with Gasteiger partial charge in [-0.2, -0.15) is 0 Å². The zero-order valence-corrected chi connectivity index (χ0v) is 17.3. The van der Waals surface area contributed by atoms with Crippen LogP contribution in [0.25, 0.3) is 11.3 Å². The summed E-state index contributed by atoms with van der Waals surface area (Å²) in [7, 11) is 1.78. The van der Waals surface area contributed by atoms with Crippen molar-refractivity contribution in [2.45, 2.75) is 33.6 Å². The molecule has 0 aliphatic rings. The lowest BCUT2D eigenvalue weighted by Gasteiger charge is -2.18. The standard InChI is InChI=1S/C22H23N3O2S/c1-5-22(27)25(4)17-7-8-18(14(2)10-17)19-9-6-16(12-23-19)20(26)11-21-24-15(3)13-28-21/h6-10,12-13H,5,11H2,1-4H3. The zero-order chi connectivity index (χ0) is 20.3. The third-order valence-corrected chi connectivity index (χ3v) is 5.58. The number of amides is 1. The molecule has 0 saturated carbocycles. The lowest BCUT2D eigenvalue weighted by Crippen LogP contribution is -2.25. The summed E-state index contributed by atoms with van der Waals surface area (Å²) in [5.74, 6) is 0.0868. The highest BCUT2D eigenvalue weighted by atomic mass is 32.1. The van der Waals surface area contributed by atoms with E-state index in [1.54, 1.807) is 18.1 Å². The molecule has 28 heavy (non-hydrogen) atoms. The predicted octanol–water partition coefficient (Wildman–Crippen LogP) is 4.62. The number of aryl methyl sites for hydroxylation is 2. The first-order valence-corrected chi connectivity index (χ1v) is 10.0. The normalized spacial score (nSPS) is 10.7. The van der Waals surface area contributed by atoms with Crippen molar-refractivity contribution in [1.82, 2.24) is 9.97 Å². The van der Waals surface area contributed by atoms with E-state index in [0.29, 0.717) is 18.4 Å². The number of benzene rings is 1. The van der Waals surface area contributed by atoms with Gasteiger partial charge in [-0.3, -0.25) is 14.6 Å². The Morgan fingerprint density at radius 3 is 2.50 bits per heavy atom. The minimum absolute atomic E-state index is 0.0140. The van der Waals surface area contributed by atoms with Crippen LogP contribution in [0.15, 0.2) is 41.9 Å². The minimum atomic E-state index is 0.0140. The van der Waals surface area contributed by atoms with Crippen molar-refractivity contribution >= 4 is 28.7 Å². The highest BCUT2D eigenvalue weighted by Crippen LogP contribution is 2.26. The van der Waals surface area contributed by atoms with Crippen LogP contribution < -0.4 is 4.90 Å². The molecule has 0 saturated heterocycles. The van der Waals surface area contributed by atoms with Crippen LogP contribution in [-0.4, -0.2) is 28.7 Å². The van der Waals surface area contributed by atoms with E-state index in [0.717, 1.165) is 33.2 Å². The highest BCUT2D eigenvalue weighted by Gasteiger charge is 2.13. The molecule has 3 aromatic rings. The Morgan fingerprint density at radius 1 is 1.14 bits per heavy atom. The second kappa shape index (κ2) is 8.44. The summed E-state index contributed by atoms with van der Waals surface area (Å²) in [4.78, 5) is 34.8. The molecule has 0 bridgehead atoms. The van der Waals surface area contributed by atoms with E-state index in [9.17, 15) is 9.59 Å². The maximum absolute atomic E-state index is 12.4. The SMILES string of the molecule is CCC(=O)N(C)c1ccc(-c2ccc(C(=O)Cc3nc(C)cs3)cn2)c(C)c1. The topological polar surface area (TPSA) is 63.2 Å². The predicted molar refractivity (Wildman–Crippen MR) is 113 cm³/mol. The van der Waals surface area contributed by atoms with Gasteiger partial charge in [-0.1, -0.05) is 13.0 Å². The average Bonchev–Trinajstić information content (AvgIpc) is 3.11. The van der Waals surface area contributed by atoms with Gasteiger partial charge in [0.2, 0.25) is 5.91 Å². The molecule has 2 heterocycles. The first-order chi connectivity index (χ1) is 13.4. The van der Waals surface area contributed by atoms with Crippen molar-refractivity contribution in [2.24, 2.45) is 0 Å². The average molecular weight is 394 g/mol. The minimum Gasteiger partial charge on any atom is -0.316 e. The molecule has 0 radical (unpaired) electrons. The Kier molecular flexibility index (Phi) is 5.99. The third-order valence-electron chi connectivity index (χ3n) is 4.61. The van der Waals surface area contributed by atoms with Crippen molar-refractivity contribution in [3.8, 4) is 11.3 Å². The molecule has 5 nitrogen and oxygen atoms in total. The van der Waals surface area contributed by atoms with Gasteiger partial charge >= 0.3 is 0 Å². The maximum Gasteiger partial charge on any atom is 0.226 e. The Balaban J connectivity index is 1.77. The molecule has 144 valence electrons. The van der Waals surface area contributed by atoms with Crippen molar-refractivity contribution in [2.75, 3.05) is 11.9 Å². The molecular weight excluding hydrogens is 370 g/mol. The number of pyridine rings is 1. The lowest BCUT2D eigenvalue weighted by atomic mass is 10.0. The number of anilines is 1. The Morgan fingerprint density at radius 2 is 1.93 bits per heavy atom. The first-order valence-electron chi connectivity index (χ1n) is 9.17. The van der Waals surface area contributed by atoms with Crippen molar-refractivity contribution in [3.63, 3.8) is 0 Å². The van der Waals surface area contributed by atoms with Crippen LogP contribution in [0.4, 0.5) is 5.69 Å². The zero-order valence-electron chi connectivity index (χ0n) is 16.5. The first kappa shape index (κ1) is 19.9. The summed E-state index contributed by atoms with van der Waals surface area (Å²) < 4.78 is 0. The summed E-state index contributed by atoms with van der Waals surface area (Å²) in [6, 6.07) is 9.54. The fourth-order valence-corrected chi connectivity index (χ4v) is 3.74. The number of hydrogen-bond acceptors (Lipinski definition) is 5. The smallest absolute Gasteiger partial charge is 0.226 e. The van der Waals surface area contributed by atoms with Crippen LogP contribution >= 0.6 is 11.3 Å². The Bertz CT molecular complexity index is 1010. The Hall–Kier alpha value is -2.86. The number of ketones is 1. The van der Waals surface area contributed by atoms with E-state index >= 15 is 0 Å². The van der Waals surface area contributed by atoms with E-state index in [1.807, 2.05) is 56.5 Å². The summed E-state index contributed by atoms with van der Waals surface area (Å²) in [5.41, 5.74) is 5.19. The van der Waals surface area contributed by atoms with E-state index in [4.69, 9.17) is 0 Å². The second-order valence-corrected chi connectivity index (χ2v) is 7.66. The van der Waals surface area contributed by atoms with Gasteiger partial charge in [0.25, 0.3) is 0 Å². The maximum atomic E-state index is 12.4. The van der Waals surface area contributed by atoms with Crippen LogP contribution in [0.3, 0.4) is 0 Å². The van der Waals surface area contributed by atoms with Crippen LogP contribution in [0.5, 0.6) is 0 Å². The van der Waals surface area contributed by atoms with Crippen molar-refractivity contribution in [3.05, 3.63) is 63.7 Å². The van der Waals surface area contributed by atoms with Crippen molar-refractivity contribution in [1.29, 1.82) is 0 Å². The van der Waals surface area contributed by atoms with Gasteiger partial charge in [-0.25, -0.2) is 4.98 Å². The van der Waals surface area contributed by atoms with Crippen LogP contribution in [-0.2, 0) is 11.2 Å². The summed E-state index contributed by atoms with van der Waals surface area (Å²) in [5, 5.41) is 2.77. The largest absolute Gasteiger partial charge is 0.316 e. The highest BCUT2D eigenvalue weighted by molar-refractivity contribution is 7.09. The van der Waals surface area contributed by atoms with Crippen LogP contribution in [0.2, 0.25) is 0 Å². The fourth-order valence-electron chi connectivity index (χ4n) is 2.97. The van der Waals surface area contributed by atoms with Crippen LogP contribution in [0.1, 0.15) is 40.0 Å². The summed E-state index contributed by atoms with van der Waals surface area (Å²) in [6.07, 6.45) is 2.39. The lowest BCUT2D eigenvalue weighted by molar-refractivity contribution is -0.118. The number of thiazole rings is 1. The number of carbonyl (C=O) groups is 2. The van der Waals surface area contributed by atoms with Crippen molar-refractivity contribution < 1.29 is 9.59 Å². The quantitative estimate of drug-likeness (QED) is 0.573. The Labute approximate surface area is 169 Å². The van der Waals surface area contributed by atoms with Gasteiger partial charge in [0, 0.05) is 47.6 Å². The van der Waals surface area contributed by atoms with Gasteiger partial charge in [0.1, 0.15) is 5.01 Å². The second-order valence-electron chi connectivity index (χ2n) is 6.72. The van der Waals surface area contributed by atoms with Gasteiger partial charge < -0.3 is 4.90 Å². The summed E-state index contributed by atoms with van der Waals surface area (Å²) in [6.45, 7) is 5.77. The molecule has 6 heteroatoms. The molecular formula is C22H23N3O2S. The number of aromatic nitrogens is 2. The van der Waals surface area contributed by atoms with E-state index < -0.39 is 0 Å². The van der Waals surface area contributed by atoms with Gasteiger partial charge in [0.15, 0.2) is 5.78 Å². The molecule has 1 amide bonds. The van der Waals surface area contributed by atoms with Gasteiger partial charge in [-0.15, -0.1) is 11.3 Å². The number of carbonyl (C=O) groups excluding carboxylic acids is 2. The van der Waals surface area contributed by atoms with E-state index in [1.165, 1.54) is 11.3 Å². The third kappa shape index (κ3) is 4.34. The van der Waals surface area contributed by atoms with E-state index in [-0.39, 0.29) is 11.7 Å². The fraction of sp³-hybridized carbons (Fsp3) is 0.273. The number of Topliss-reactive ketones (excluding diaryl/α,β-unsaturated/α-hetero) is 1. The molecule has 0 spiro atoms. The number of rotatable bonds is 6. The number of nitrogens with zero attached hydrogens (tertiary/aromatic N) is 3. The molecule has 2 aromatic heterocycles. The molecule has 1 aromatic carbocycles. The van der Waals surface area contributed by atoms with Crippen LogP contribution in [0, 0.1) is 13.8 Å². The molecule has 0 unspecified atom stereocenters. The molecule has 0 atom stereocenters. The molecule has 0 N–H and O–H groups in total. The molecule has 0 aliphatic carbocycles. The van der Waals surface area contributed by atoms with Gasteiger partial charge in [-0.05, 0) is 43.7 Å². The van der Waals surface area contributed by atoms with Gasteiger partial charge in [0.05, 0.1) is 12.1 Å².